The fraction of sp³-hybridized carbons (Fsp3) is 0.500. The van der Waals surface area contributed by atoms with Crippen molar-refractivity contribution in [2.75, 3.05) is 12.9 Å². The van der Waals surface area contributed by atoms with Gasteiger partial charge in [0.05, 0.1) is 7.11 Å². The first kappa shape index (κ1) is 15.1. The number of hydrogen-bond donors (Lipinski definition) is 1. The number of carbonyl (C=O) groups is 1. The lowest BCUT2D eigenvalue weighted by Crippen LogP contribution is -2.33. The molecular formula is C14H21NO2S. The van der Waals surface area contributed by atoms with Crippen LogP contribution in [0.25, 0.3) is 0 Å². The number of aryl methyl sites for hydroxylation is 3. The van der Waals surface area contributed by atoms with Crippen LogP contribution in [0.3, 0.4) is 0 Å². The summed E-state index contributed by atoms with van der Waals surface area (Å²) in [5.74, 6) is 1.11. The van der Waals surface area contributed by atoms with E-state index in [1.165, 1.54) is 29.4 Å². The van der Waals surface area contributed by atoms with Crippen LogP contribution in [0.1, 0.15) is 22.3 Å². The van der Waals surface area contributed by atoms with E-state index in [0.29, 0.717) is 5.75 Å². The molecule has 1 atom stereocenters. The Hall–Kier alpha value is -1.00. The summed E-state index contributed by atoms with van der Waals surface area (Å²) in [4.78, 5) is 11.2. The van der Waals surface area contributed by atoms with Crippen LogP contribution < -0.4 is 5.73 Å². The Morgan fingerprint density at radius 2 is 1.89 bits per heavy atom. The highest BCUT2D eigenvalue weighted by Crippen LogP contribution is 2.22. The zero-order valence-electron chi connectivity index (χ0n) is 11.4. The third kappa shape index (κ3) is 4.03. The van der Waals surface area contributed by atoms with E-state index in [1.807, 2.05) is 0 Å². The van der Waals surface area contributed by atoms with Gasteiger partial charge in [0, 0.05) is 11.5 Å². The molecular weight excluding hydrogens is 246 g/mol. The lowest BCUT2D eigenvalue weighted by molar-refractivity contribution is -0.141. The molecule has 4 heteroatoms. The highest BCUT2D eigenvalue weighted by molar-refractivity contribution is 7.98. The second-order valence-electron chi connectivity index (χ2n) is 4.52. The first-order chi connectivity index (χ1) is 8.45. The van der Waals surface area contributed by atoms with Gasteiger partial charge in [-0.15, -0.1) is 0 Å². The summed E-state index contributed by atoms with van der Waals surface area (Å²) in [7, 11) is 1.36. The molecule has 0 aliphatic carbocycles. The van der Waals surface area contributed by atoms with Crippen LogP contribution in [0.5, 0.6) is 0 Å². The van der Waals surface area contributed by atoms with Crippen LogP contribution in [0.15, 0.2) is 12.1 Å². The van der Waals surface area contributed by atoms with Gasteiger partial charge < -0.3 is 10.5 Å². The second-order valence-corrected chi connectivity index (χ2v) is 5.55. The molecule has 100 valence electrons. The molecule has 1 unspecified atom stereocenters. The van der Waals surface area contributed by atoms with E-state index in [1.54, 1.807) is 11.8 Å². The normalized spacial score (nSPS) is 12.3. The zero-order valence-corrected chi connectivity index (χ0v) is 12.3. The smallest absolute Gasteiger partial charge is 0.323 e. The fourth-order valence-electron chi connectivity index (χ4n) is 1.94. The quantitative estimate of drug-likeness (QED) is 0.832. The minimum atomic E-state index is -0.536. The molecule has 0 fully saturated rings. The largest absolute Gasteiger partial charge is 0.468 e. The number of ether oxygens (including phenoxy) is 1. The fourth-order valence-corrected chi connectivity index (χ4v) is 3.11. The van der Waals surface area contributed by atoms with Gasteiger partial charge in [-0.05, 0) is 37.5 Å². The van der Waals surface area contributed by atoms with E-state index >= 15 is 0 Å². The van der Waals surface area contributed by atoms with Gasteiger partial charge in [0.15, 0.2) is 0 Å². The minimum absolute atomic E-state index is 0.347. The highest BCUT2D eigenvalue weighted by atomic mass is 32.2. The number of nitrogens with two attached hydrogens (primary N) is 1. The molecule has 2 N–H and O–H groups in total. The first-order valence-corrected chi connectivity index (χ1v) is 7.09. The van der Waals surface area contributed by atoms with Crippen molar-refractivity contribution in [3.8, 4) is 0 Å². The van der Waals surface area contributed by atoms with E-state index in [4.69, 9.17) is 5.73 Å². The van der Waals surface area contributed by atoms with Gasteiger partial charge in [-0.2, -0.15) is 11.8 Å². The summed E-state index contributed by atoms with van der Waals surface area (Å²) in [5, 5.41) is 0. The third-order valence-electron chi connectivity index (χ3n) is 2.89. The van der Waals surface area contributed by atoms with Gasteiger partial charge in [0.2, 0.25) is 0 Å². The van der Waals surface area contributed by atoms with Crippen LogP contribution >= 0.6 is 11.8 Å². The van der Waals surface area contributed by atoms with Crippen molar-refractivity contribution < 1.29 is 9.53 Å². The summed E-state index contributed by atoms with van der Waals surface area (Å²) in [5.41, 5.74) is 10.9. The van der Waals surface area contributed by atoms with Gasteiger partial charge in [0.25, 0.3) is 0 Å². The van der Waals surface area contributed by atoms with Crippen molar-refractivity contribution in [1.82, 2.24) is 0 Å². The third-order valence-corrected chi connectivity index (χ3v) is 3.98. The molecule has 0 saturated heterocycles. The topological polar surface area (TPSA) is 52.3 Å². The molecule has 3 nitrogen and oxygen atoms in total. The summed E-state index contributed by atoms with van der Waals surface area (Å²) < 4.78 is 4.60. The number of rotatable bonds is 5. The number of methoxy groups -OCH3 is 1. The summed E-state index contributed by atoms with van der Waals surface area (Å²) in [6, 6.07) is 3.83. The van der Waals surface area contributed by atoms with E-state index in [2.05, 4.69) is 37.6 Å². The Bertz CT molecular complexity index is 409. The Labute approximate surface area is 113 Å². The number of esters is 1. The van der Waals surface area contributed by atoms with Crippen molar-refractivity contribution in [3.63, 3.8) is 0 Å². The molecule has 18 heavy (non-hydrogen) atoms. The Morgan fingerprint density at radius 3 is 2.39 bits per heavy atom. The maximum absolute atomic E-state index is 11.2. The second kappa shape index (κ2) is 6.81. The predicted octanol–water partition coefficient (Wildman–Crippen LogP) is 2.35. The number of hydrogen-bond acceptors (Lipinski definition) is 4. The Morgan fingerprint density at radius 1 is 1.33 bits per heavy atom. The molecule has 0 saturated carbocycles. The van der Waals surface area contributed by atoms with E-state index in [0.717, 1.165) is 5.75 Å². The number of thioether (sulfide) groups is 1. The molecule has 0 amide bonds. The SMILES string of the molecule is COC(=O)C(N)CSCc1c(C)cc(C)cc1C. The zero-order chi connectivity index (χ0) is 13.7. The van der Waals surface area contributed by atoms with Gasteiger partial charge >= 0.3 is 5.97 Å². The van der Waals surface area contributed by atoms with Crippen molar-refractivity contribution in [2.45, 2.75) is 32.6 Å². The molecule has 0 aliphatic rings. The first-order valence-electron chi connectivity index (χ1n) is 5.93. The maximum Gasteiger partial charge on any atom is 0.323 e. The average Bonchev–Trinajstić information content (AvgIpc) is 2.31. The molecule has 0 radical (unpaired) electrons. The predicted molar refractivity (Wildman–Crippen MR) is 76.8 cm³/mol. The number of benzene rings is 1. The van der Waals surface area contributed by atoms with E-state index in [9.17, 15) is 4.79 Å². The molecule has 0 bridgehead atoms. The molecule has 0 aromatic heterocycles. The van der Waals surface area contributed by atoms with Crippen LogP contribution in [0.4, 0.5) is 0 Å². The van der Waals surface area contributed by atoms with Crippen molar-refractivity contribution in [2.24, 2.45) is 5.73 Å². The molecule has 1 aromatic carbocycles. The molecule has 0 spiro atoms. The molecule has 1 rings (SSSR count). The van der Waals surface area contributed by atoms with Crippen LogP contribution in [-0.2, 0) is 15.3 Å². The Balaban J connectivity index is 2.57. The van der Waals surface area contributed by atoms with Crippen LogP contribution in [0.2, 0.25) is 0 Å². The molecule has 0 heterocycles. The monoisotopic (exact) mass is 267 g/mol. The van der Waals surface area contributed by atoms with Crippen molar-refractivity contribution in [1.29, 1.82) is 0 Å². The van der Waals surface area contributed by atoms with Crippen LogP contribution in [-0.4, -0.2) is 24.9 Å². The van der Waals surface area contributed by atoms with Crippen LogP contribution in [0, 0.1) is 20.8 Å². The van der Waals surface area contributed by atoms with Gasteiger partial charge in [0.1, 0.15) is 6.04 Å². The molecule has 1 aromatic rings. The van der Waals surface area contributed by atoms with Crippen molar-refractivity contribution >= 4 is 17.7 Å². The van der Waals surface area contributed by atoms with Crippen molar-refractivity contribution in [3.05, 3.63) is 34.4 Å². The lowest BCUT2D eigenvalue weighted by Gasteiger charge is -2.12. The average molecular weight is 267 g/mol. The van der Waals surface area contributed by atoms with E-state index in [-0.39, 0.29) is 5.97 Å². The summed E-state index contributed by atoms with van der Waals surface area (Å²) >= 11 is 1.67. The van der Waals surface area contributed by atoms with Gasteiger partial charge in [-0.1, -0.05) is 17.7 Å². The highest BCUT2D eigenvalue weighted by Gasteiger charge is 2.13. The molecule has 0 aliphatic heterocycles. The Kier molecular flexibility index (Phi) is 5.69. The maximum atomic E-state index is 11.2. The summed E-state index contributed by atoms with van der Waals surface area (Å²) in [6.45, 7) is 6.34. The lowest BCUT2D eigenvalue weighted by atomic mass is 10.0. The van der Waals surface area contributed by atoms with E-state index < -0.39 is 6.04 Å². The number of carbonyl (C=O) groups excluding carboxylic acids is 1. The van der Waals surface area contributed by atoms with Gasteiger partial charge in [-0.25, -0.2) is 0 Å². The van der Waals surface area contributed by atoms with Gasteiger partial charge in [-0.3, -0.25) is 4.79 Å². The standard InChI is InChI=1S/C14H21NO2S/c1-9-5-10(2)12(11(3)6-9)7-18-8-13(15)14(16)17-4/h5-6,13H,7-8,15H2,1-4H3. The summed E-state index contributed by atoms with van der Waals surface area (Å²) in [6.07, 6.45) is 0. The minimum Gasteiger partial charge on any atom is -0.468 e.